The molecule has 68 valence electrons. The molecule has 0 fully saturated rings. The summed E-state index contributed by atoms with van der Waals surface area (Å²) in [5, 5.41) is 1.22. The summed E-state index contributed by atoms with van der Waals surface area (Å²) in [5.41, 5.74) is 2.26. The molecule has 14 heavy (non-hydrogen) atoms. The van der Waals surface area contributed by atoms with Crippen LogP contribution in [0.25, 0.3) is 10.9 Å². The third-order valence-corrected chi connectivity index (χ3v) is 3.39. The van der Waals surface area contributed by atoms with Crippen molar-refractivity contribution in [2.75, 3.05) is 0 Å². The van der Waals surface area contributed by atoms with Crippen LogP contribution in [0.15, 0.2) is 46.7 Å². The zero-order chi connectivity index (χ0) is 9.54. The number of rotatable bonds is 0. The summed E-state index contributed by atoms with van der Waals surface area (Å²) < 4.78 is 0. The molecule has 0 unspecified atom stereocenters. The standard InChI is InChI=1S/C12H9NS/c1-8-6-11-12(14-8)7-9-4-2-3-5-10(9)13-11/h2-5,7H,1,6H2. The number of benzene rings is 1. The average Bonchev–Trinajstić information content (AvgIpc) is 2.53. The summed E-state index contributed by atoms with van der Waals surface area (Å²) in [7, 11) is 0. The molecule has 0 saturated heterocycles. The molecule has 0 bridgehead atoms. The van der Waals surface area contributed by atoms with Crippen molar-refractivity contribution in [3.8, 4) is 0 Å². The zero-order valence-electron chi connectivity index (χ0n) is 7.66. The van der Waals surface area contributed by atoms with Gasteiger partial charge in [0.2, 0.25) is 0 Å². The minimum atomic E-state index is 0.921. The first kappa shape index (κ1) is 8.06. The minimum absolute atomic E-state index is 0.921. The fourth-order valence-electron chi connectivity index (χ4n) is 1.73. The Balaban J connectivity index is 2.31. The normalized spacial score (nSPS) is 14.7. The molecule has 3 rings (SSSR count). The van der Waals surface area contributed by atoms with Crippen LogP contribution in [0.1, 0.15) is 5.69 Å². The van der Waals surface area contributed by atoms with Gasteiger partial charge in [-0.2, -0.15) is 0 Å². The first-order chi connectivity index (χ1) is 6.83. The second-order valence-electron chi connectivity index (χ2n) is 3.44. The molecule has 1 aliphatic rings. The van der Waals surface area contributed by atoms with Crippen LogP contribution >= 0.6 is 11.8 Å². The number of aromatic nitrogens is 1. The predicted molar refractivity (Wildman–Crippen MR) is 60.4 cm³/mol. The Hall–Kier alpha value is -1.28. The summed E-state index contributed by atoms with van der Waals surface area (Å²) in [5.74, 6) is 0. The van der Waals surface area contributed by atoms with Crippen LogP contribution in [0, 0.1) is 0 Å². The summed E-state index contributed by atoms with van der Waals surface area (Å²) >= 11 is 1.75. The van der Waals surface area contributed by atoms with Crippen molar-refractivity contribution >= 4 is 22.7 Å². The van der Waals surface area contributed by atoms with Crippen LogP contribution in [0.4, 0.5) is 0 Å². The monoisotopic (exact) mass is 199 g/mol. The maximum atomic E-state index is 4.62. The van der Waals surface area contributed by atoms with Gasteiger partial charge in [0.05, 0.1) is 11.2 Å². The van der Waals surface area contributed by atoms with Crippen LogP contribution in [0.2, 0.25) is 0 Å². The molecule has 2 heteroatoms. The van der Waals surface area contributed by atoms with Crippen molar-refractivity contribution in [3.63, 3.8) is 0 Å². The second kappa shape index (κ2) is 2.85. The van der Waals surface area contributed by atoms with Crippen molar-refractivity contribution in [1.82, 2.24) is 4.98 Å². The Morgan fingerprint density at radius 1 is 1.29 bits per heavy atom. The lowest BCUT2D eigenvalue weighted by Gasteiger charge is -2.00. The first-order valence-electron chi connectivity index (χ1n) is 4.57. The van der Waals surface area contributed by atoms with E-state index < -0.39 is 0 Å². The number of pyridine rings is 1. The van der Waals surface area contributed by atoms with Crippen LogP contribution < -0.4 is 0 Å². The van der Waals surface area contributed by atoms with Crippen LogP contribution in [0.5, 0.6) is 0 Å². The van der Waals surface area contributed by atoms with E-state index in [0.29, 0.717) is 0 Å². The summed E-state index contributed by atoms with van der Waals surface area (Å²) in [6.45, 7) is 3.98. The highest BCUT2D eigenvalue weighted by atomic mass is 32.2. The molecule has 1 aromatic heterocycles. The highest BCUT2D eigenvalue weighted by Gasteiger charge is 2.16. The third-order valence-electron chi connectivity index (χ3n) is 2.38. The van der Waals surface area contributed by atoms with Crippen LogP contribution in [-0.2, 0) is 6.42 Å². The van der Waals surface area contributed by atoms with Crippen LogP contribution in [0.3, 0.4) is 0 Å². The van der Waals surface area contributed by atoms with E-state index in [1.165, 1.54) is 20.9 Å². The van der Waals surface area contributed by atoms with Crippen LogP contribution in [-0.4, -0.2) is 4.98 Å². The van der Waals surface area contributed by atoms with Gasteiger partial charge in [0.1, 0.15) is 0 Å². The van der Waals surface area contributed by atoms with E-state index in [4.69, 9.17) is 0 Å². The number of nitrogens with zero attached hydrogens (tertiary/aromatic N) is 1. The highest BCUT2D eigenvalue weighted by molar-refractivity contribution is 8.03. The van der Waals surface area contributed by atoms with Gasteiger partial charge in [0.15, 0.2) is 0 Å². The van der Waals surface area contributed by atoms with E-state index in [1.54, 1.807) is 11.8 Å². The largest absolute Gasteiger partial charge is 0.251 e. The molecule has 0 spiro atoms. The van der Waals surface area contributed by atoms with E-state index in [0.717, 1.165) is 11.9 Å². The predicted octanol–water partition coefficient (Wildman–Crippen LogP) is 3.40. The minimum Gasteiger partial charge on any atom is -0.251 e. The fourth-order valence-corrected chi connectivity index (χ4v) is 2.67. The molecular formula is C12H9NS. The Kier molecular flexibility index (Phi) is 1.64. The van der Waals surface area contributed by atoms with Gasteiger partial charge in [-0.1, -0.05) is 36.5 Å². The van der Waals surface area contributed by atoms with Gasteiger partial charge in [-0.05, 0) is 17.0 Å². The summed E-state index contributed by atoms with van der Waals surface area (Å²) in [6.07, 6.45) is 0.921. The van der Waals surface area contributed by atoms with Gasteiger partial charge in [0.25, 0.3) is 0 Å². The van der Waals surface area contributed by atoms with E-state index in [9.17, 15) is 0 Å². The molecule has 0 aliphatic carbocycles. The smallest absolute Gasteiger partial charge is 0.0706 e. The third kappa shape index (κ3) is 1.15. The molecule has 2 aromatic rings. The van der Waals surface area contributed by atoms with Crippen molar-refractivity contribution < 1.29 is 0 Å². The van der Waals surface area contributed by atoms with Crippen molar-refractivity contribution in [2.45, 2.75) is 11.3 Å². The van der Waals surface area contributed by atoms with Gasteiger partial charge >= 0.3 is 0 Å². The lowest BCUT2D eigenvalue weighted by molar-refractivity contribution is 1.09. The zero-order valence-corrected chi connectivity index (χ0v) is 8.47. The average molecular weight is 199 g/mol. The second-order valence-corrected chi connectivity index (χ2v) is 4.66. The maximum Gasteiger partial charge on any atom is 0.0706 e. The Morgan fingerprint density at radius 2 is 2.14 bits per heavy atom. The fraction of sp³-hybridized carbons (Fsp3) is 0.0833. The molecular weight excluding hydrogens is 190 g/mol. The molecule has 2 heterocycles. The van der Waals surface area contributed by atoms with Gasteiger partial charge < -0.3 is 0 Å². The Labute approximate surface area is 86.9 Å². The number of thioether (sulfide) groups is 1. The van der Waals surface area contributed by atoms with Gasteiger partial charge in [0, 0.05) is 16.7 Å². The number of allylic oxidation sites excluding steroid dienone is 1. The van der Waals surface area contributed by atoms with Gasteiger partial charge in [-0.25, -0.2) is 0 Å². The molecule has 0 saturated carbocycles. The maximum absolute atomic E-state index is 4.62. The summed E-state index contributed by atoms with van der Waals surface area (Å²) in [4.78, 5) is 7.09. The molecule has 0 atom stereocenters. The van der Waals surface area contributed by atoms with Crippen molar-refractivity contribution in [2.24, 2.45) is 0 Å². The molecule has 0 amide bonds. The number of para-hydroxylation sites is 1. The lowest BCUT2D eigenvalue weighted by atomic mass is 10.2. The topological polar surface area (TPSA) is 12.9 Å². The molecule has 1 aromatic carbocycles. The Morgan fingerprint density at radius 3 is 3.07 bits per heavy atom. The number of hydrogen-bond donors (Lipinski definition) is 0. The Bertz CT molecular complexity index is 484. The SMILES string of the molecule is C=C1Cc2nc3ccccc3cc2S1. The molecule has 1 nitrogen and oxygen atoms in total. The highest BCUT2D eigenvalue weighted by Crippen LogP contribution is 2.39. The van der Waals surface area contributed by atoms with E-state index >= 15 is 0 Å². The van der Waals surface area contributed by atoms with Crippen molar-refractivity contribution in [1.29, 1.82) is 0 Å². The van der Waals surface area contributed by atoms with Gasteiger partial charge in [-0.15, -0.1) is 0 Å². The molecule has 0 N–H and O–H groups in total. The van der Waals surface area contributed by atoms with E-state index in [-0.39, 0.29) is 0 Å². The molecule has 1 aliphatic heterocycles. The first-order valence-corrected chi connectivity index (χ1v) is 5.39. The van der Waals surface area contributed by atoms with Crippen molar-refractivity contribution in [3.05, 3.63) is 47.5 Å². The number of hydrogen-bond acceptors (Lipinski definition) is 2. The van der Waals surface area contributed by atoms with Gasteiger partial charge in [-0.3, -0.25) is 4.98 Å². The molecule has 0 radical (unpaired) electrons. The lowest BCUT2D eigenvalue weighted by Crippen LogP contribution is -1.87. The quantitative estimate of drug-likeness (QED) is 0.645. The summed E-state index contributed by atoms with van der Waals surface area (Å²) in [6, 6.07) is 10.4. The van der Waals surface area contributed by atoms with E-state index in [1.807, 2.05) is 12.1 Å². The number of fused-ring (bicyclic) bond motifs is 2. The van der Waals surface area contributed by atoms with E-state index in [2.05, 4.69) is 29.8 Å².